The van der Waals surface area contributed by atoms with Crippen molar-refractivity contribution in [3.63, 3.8) is 0 Å². The lowest BCUT2D eigenvalue weighted by molar-refractivity contribution is 0.0822. The van der Waals surface area contributed by atoms with Crippen LogP contribution in [0, 0.1) is 5.82 Å². The number of nitrogens with one attached hydrogen (secondary N) is 2. The molecule has 4 rings (SSSR count). The molecule has 0 fully saturated rings. The number of benzene rings is 2. The molecule has 2 amide bonds. The highest BCUT2D eigenvalue weighted by atomic mass is 19.1. The Hall–Kier alpha value is -3.61. The monoisotopic (exact) mass is 421 g/mol. The number of nitrogens with zero attached hydrogens (tertiary/aromatic N) is 1. The van der Waals surface area contributed by atoms with Crippen LogP contribution >= 0.6 is 0 Å². The van der Waals surface area contributed by atoms with Crippen LogP contribution in [0.15, 0.2) is 54.7 Å². The van der Waals surface area contributed by atoms with Gasteiger partial charge in [-0.1, -0.05) is 25.1 Å². The van der Waals surface area contributed by atoms with Crippen molar-refractivity contribution in [2.45, 2.75) is 32.7 Å². The summed E-state index contributed by atoms with van der Waals surface area (Å²) in [5.74, 6) is -0.437. The van der Waals surface area contributed by atoms with Crippen molar-refractivity contribution < 1.29 is 18.7 Å². The molecule has 1 aromatic heterocycles. The minimum absolute atomic E-state index is 0.0435. The molecule has 6 nitrogen and oxygen atoms in total. The fourth-order valence-electron chi connectivity index (χ4n) is 3.60. The van der Waals surface area contributed by atoms with E-state index >= 15 is 0 Å². The zero-order valence-corrected chi connectivity index (χ0v) is 17.4. The molecule has 3 aromatic rings. The predicted octanol–water partition coefficient (Wildman–Crippen LogP) is 4.83. The van der Waals surface area contributed by atoms with Gasteiger partial charge < -0.3 is 19.9 Å². The van der Waals surface area contributed by atoms with E-state index in [-0.39, 0.29) is 17.7 Å². The number of carbonyl (C=O) groups is 2. The molecular weight excluding hydrogens is 397 g/mol. The fourth-order valence-corrected chi connectivity index (χ4v) is 3.60. The zero-order chi connectivity index (χ0) is 22.0. The molecule has 2 heterocycles. The van der Waals surface area contributed by atoms with Crippen LogP contribution in [-0.4, -0.2) is 34.5 Å². The standard InChI is InChI=1S/C24H24FN3O3/c1-3-15(2)26-24(30)31-21-14-28(23(29)16-8-10-17(25)11-9-16)13-12-19-18-6-4-5-7-20(18)27-22(19)21/h4-11,14-15,27H,3,12-13H2,1-2H3,(H,26,30). The Bertz CT molecular complexity index is 1150. The van der Waals surface area contributed by atoms with E-state index in [0.29, 0.717) is 24.2 Å². The van der Waals surface area contributed by atoms with Gasteiger partial charge in [0.2, 0.25) is 0 Å². The lowest BCUT2D eigenvalue weighted by Crippen LogP contribution is -2.32. The molecule has 0 aliphatic carbocycles. The maximum absolute atomic E-state index is 13.3. The van der Waals surface area contributed by atoms with Crippen LogP contribution in [0.1, 0.15) is 41.9 Å². The summed E-state index contributed by atoms with van der Waals surface area (Å²) in [6, 6.07) is 13.2. The Labute approximate surface area is 179 Å². The minimum Gasteiger partial charge on any atom is -0.407 e. The fraction of sp³-hybridized carbons (Fsp3) is 0.250. The lowest BCUT2D eigenvalue weighted by atomic mass is 10.1. The third-order valence-electron chi connectivity index (χ3n) is 5.47. The molecule has 7 heteroatoms. The molecule has 1 unspecified atom stereocenters. The second kappa shape index (κ2) is 8.63. The number of halogens is 1. The number of carbonyl (C=O) groups excluding carboxylic acids is 2. The largest absolute Gasteiger partial charge is 0.412 e. The molecule has 0 spiro atoms. The van der Waals surface area contributed by atoms with Gasteiger partial charge in [-0.2, -0.15) is 0 Å². The number of para-hydroxylation sites is 1. The molecule has 31 heavy (non-hydrogen) atoms. The average molecular weight is 421 g/mol. The van der Waals surface area contributed by atoms with E-state index in [9.17, 15) is 14.0 Å². The third-order valence-corrected chi connectivity index (χ3v) is 5.47. The first-order valence-electron chi connectivity index (χ1n) is 10.3. The summed E-state index contributed by atoms with van der Waals surface area (Å²) in [6.45, 7) is 4.25. The molecule has 0 bridgehead atoms. The summed E-state index contributed by atoms with van der Waals surface area (Å²) < 4.78 is 18.9. The number of ether oxygens (including phenoxy) is 1. The van der Waals surface area contributed by atoms with E-state index in [1.165, 1.54) is 29.2 Å². The summed E-state index contributed by atoms with van der Waals surface area (Å²) in [6.07, 6.45) is 2.30. The Kier molecular flexibility index (Phi) is 5.75. The number of fused-ring (bicyclic) bond motifs is 3. The van der Waals surface area contributed by atoms with Gasteiger partial charge in [-0.3, -0.25) is 4.79 Å². The second-order valence-corrected chi connectivity index (χ2v) is 7.62. The van der Waals surface area contributed by atoms with Crippen molar-refractivity contribution >= 4 is 28.7 Å². The van der Waals surface area contributed by atoms with Crippen LogP contribution in [-0.2, 0) is 11.2 Å². The van der Waals surface area contributed by atoms with Crippen LogP contribution in [0.2, 0.25) is 0 Å². The number of H-pyrrole nitrogens is 1. The normalized spacial score (nSPS) is 14.4. The van der Waals surface area contributed by atoms with Gasteiger partial charge in [-0.25, -0.2) is 9.18 Å². The van der Waals surface area contributed by atoms with E-state index in [4.69, 9.17) is 4.74 Å². The molecule has 1 aliphatic heterocycles. The number of rotatable bonds is 4. The van der Waals surface area contributed by atoms with E-state index < -0.39 is 11.9 Å². The first-order chi connectivity index (χ1) is 15.0. The molecule has 1 atom stereocenters. The van der Waals surface area contributed by atoms with E-state index in [0.717, 1.165) is 22.9 Å². The average Bonchev–Trinajstić information content (AvgIpc) is 3.05. The first-order valence-corrected chi connectivity index (χ1v) is 10.3. The van der Waals surface area contributed by atoms with Crippen LogP contribution < -0.4 is 5.32 Å². The lowest BCUT2D eigenvalue weighted by Gasteiger charge is -2.18. The highest BCUT2D eigenvalue weighted by Crippen LogP contribution is 2.31. The maximum atomic E-state index is 13.3. The van der Waals surface area contributed by atoms with E-state index in [1.807, 2.05) is 38.1 Å². The number of hydrogen-bond acceptors (Lipinski definition) is 3. The number of hydrogen-bond donors (Lipinski definition) is 2. The topological polar surface area (TPSA) is 74.4 Å². The summed E-state index contributed by atoms with van der Waals surface area (Å²) in [7, 11) is 0. The van der Waals surface area contributed by atoms with E-state index in [1.54, 1.807) is 6.20 Å². The second-order valence-electron chi connectivity index (χ2n) is 7.62. The van der Waals surface area contributed by atoms with Crippen molar-refractivity contribution in [2.24, 2.45) is 0 Å². The Morgan fingerprint density at radius 1 is 1.19 bits per heavy atom. The number of amides is 2. The first kappa shape index (κ1) is 20.7. The molecule has 160 valence electrons. The summed E-state index contributed by atoms with van der Waals surface area (Å²) in [5, 5.41) is 3.80. The van der Waals surface area contributed by atoms with Crippen LogP contribution in [0.3, 0.4) is 0 Å². The van der Waals surface area contributed by atoms with Crippen molar-refractivity contribution in [1.29, 1.82) is 0 Å². The van der Waals surface area contributed by atoms with Gasteiger partial charge in [0.15, 0.2) is 5.76 Å². The van der Waals surface area contributed by atoms with Crippen LogP contribution in [0.4, 0.5) is 9.18 Å². The highest BCUT2D eigenvalue weighted by molar-refractivity contribution is 5.97. The highest BCUT2D eigenvalue weighted by Gasteiger charge is 2.26. The van der Waals surface area contributed by atoms with Crippen molar-refractivity contribution in [1.82, 2.24) is 15.2 Å². The molecular formula is C24H24FN3O3. The van der Waals surface area contributed by atoms with Gasteiger partial charge in [-0.15, -0.1) is 0 Å². The summed E-state index contributed by atoms with van der Waals surface area (Å²) >= 11 is 0. The molecule has 2 aromatic carbocycles. The molecule has 2 N–H and O–H groups in total. The van der Waals surface area contributed by atoms with Gasteiger partial charge in [0.1, 0.15) is 5.82 Å². The number of aromatic amines is 1. The smallest absolute Gasteiger partial charge is 0.407 e. The van der Waals surface area contributed by atoms with Gasteiger partial charge in [0.05, 0.1) is 11.9 Å². The van der Waals surface area contributed by atoms with Crippen LogP contribution in [0.5, 0.6) is 0 Å². The zero-order valence-electron chi connectivity index (χ0n) is 17.4. The van der Waals surface area contributed by atoms with Crippen LogP contribution in [0.25, 0.3) is 16.7 Å². The molecule has 1 aliphatic rings. The van der Waals surface area contributed by atoms with Crippen molar-refractivity contribution in [2.75, 3.05) is 6.54 Å². The number of alkyl carbamates (subject to hydrolysis) is 1. The summed E-state index contributed by atoms with van der Waals surface area (Å²) in [4.78, 5) is 30.3. The molecule has 0 radical (unpaired) electrons. The molecule has 0 saturated heterocycles. The van der Waals surface area contributed by atoms with Gasteiger partial charge in [0, 0.05) is 29.1 Å². The van der Waals surface area contributed by atoms with Gasteiger partial charge in [0.25, 0.3) is 5.91 Å². The minimum atomic E-state index is -0.582. The van der Waals surface area contributed by atoms with Crippen molar-refractivity contribution in [3.8, 4) is 0 Å². The summed E-state index contributed by atoms with van der Waals surface area (Å²) in [5.41, 5.74) is 2.95. The maximum Gasteiger partial charge on any atom is 0.412 e. The van der Waals surface area contributed by atoms with E-state index in [2.05, 4.69) is 10.3 Å². The quantitative estimate of drug-likeness (QED) is 0.634. The Morgan fingerprint density at radius 3 is 2.68 bits per heavy atom. The Balaban J connectivity index is 1.71. The number of aromatic nitrogens is 1. The van der Waals surface area contributed by atoms with Crippen molar-refractivity contribution in [3.05, 3.63) is 77.4 Å². The predicted molar refractivity (Wildman–Crippen MR) is 117 cm³/mol. The van der Waals surface area contributed by atoms with Gasteiger partial charge in [-0.05, 0) is 55.7 Å². The SMILES string of the molecule is CCC(C)NC(=O)OC1=CN(C(=O)c2ccc(F)cc2)CCc2c1[nH]c1ccccc21. The third kappa shape index (κ3) is 4.30. The molecule has 0 saturated carbocycles. The van der Waals surface area contributed by atoms with Gasteiger partial charge >= 0.3 is 6.09 Å². The Morgan fingerprint density at radius 2 is 1.94 bits per heavy atom.